The molecule has 1 aliphatic carbocycles. The quantitative estimate of drug-likeness (QED) is 0.669. The molecule has 0 saturated heterocycles. The molecule has 1 aromatic heterocycles. The standard InChI is InChI=1S/C15H21N3O4/c1-9-13(18(21)22)8-10-7-11(5-6-12(10)16-9)17(14(19)20)15(2,3)4/h8,11H,5-7H2,1-4H3,(H,19,20). The third-order valence-electron chi connectivity index (χ3n) is 4.02. The van der Waals surface area contributed by atoms with Crippen LogP contribution < -0.4 is 0 Å². The van der Waals surface area contributed by atoms with Crippen LogP contribution in [0.25, 0.3) is 0 Å². The Morgan fingerprint density at radius 3 is 2.64 bits per heavy atom. The van der Waals surface area contributed by atoms with E-state index in [0.29, 0.717) is 25.0 Å². The molecule has 1 atom stereocenters. The summed E-state index contributed by atoms with van der Waals surface area (Å²) in [4.78, 5) is 28.0. The van der Waals surface area contributed by atoms with Gasteiger partial charge in [0.1, 0.15) is 5.69 Å². The molecule has 7 nitrogen and oxygen atoms in total. The van der Waals surface area contributed by atoms with Crippen molar-refractivity contribution in [2.24, 2.45) is 0 Å². The normalized spacial score (nSPS) is 17.7. The summed E-state index contributed by atoms with van der Waals surface area (Å²) in [6, 6.07) is 1.36. The van der Waals surface area contributed by atoms with Gasteiger partial charge in [-0.2, -0.15) is 0 Å². The van der Waals surface area contributed by atoms with Crippen molar-refractivity contribution in [3.05, 3.63) is 33.1 Å². The van der Waals surface area contributed by atoms with Crippen molar-refractivity contribution in [1.82, 2.24) is 9.88 Å². The topological polar surface area (TPSA) is 96.6 Å². The Morgan fingerprint density at radius 1 is 1.50 bits per heavy atom. The van der Waals surface area contributed by atoms with Crippen molar-refractivity contribution >= 4 is 11.8 Å². The highest BCUT2D eigenvalue weighted by atomic mass is 16.6. The van der Waals surface area contributed by atoms with E-state index in [1.807, 2.05) is 20.8 Å². The molecule has 7 heteroatoms. The van der Waals surface area contributed by atoms with Crippen molar-refractivity contribution in [1.29, 1.82) is 0 Å². The van der Waals surface area contributed by atoms with Gasteiger partial charge < -0.3 is 10.0 Å². The summed E-state index contributed by atoms with van der Waals surface area (Å²) in [5.74, 6) is 0. The maximum atomic E-state index is 11.6. The summed E-state index contributed by atoms with van der Waals surface area (Å²) in [5, 5.41) is 20.5. The van der Waals surface area contributed by atoms with Gasteiger partial charge in [0, 0.05) is 23.3 Å². The molecule has 0 fully saturated rings. The van der Waals surface area contributed by atoms with Gasteiger partial charge in [-0.05, 0) is 52.5 Å². The molecule has 1 N–H and O–H groups in total. The summed E-state index contributed by atoms with van der Waals surface area (Å²) < 4.78 is 0. The highest BCUT2D eigenvalue weighted by molar-refractivity contribution is 5.66. The maximum Gasteiger partial charge on any atom is 0.407 e. The van der Waals surface area contributed by atoms with Gasteiger partial charge >= 0.3 is 6.09 Å². The zero-order valence-corrected chi connectivity index (χ0v) is 13.3. The van der Waals surface area contributed by atoms with Crippen molar-refractivity contribution in [2.45, 2.75) is 58.5 Å². The van der Waals surface area contributed by atoms with E-state index in [-0.39, 0.29) is 11.7 Å². The van der Waals surface area contributed by atoms with E-state index >= 15 is 0 Å². The number of aryl methyl sites for hydroxylation is 2. The molecule has 1 aliphatic rings. The zero-order chi connectivity index (χ0) is 16.7. The number of hydrogen-bond acceptors (Lipinski definition) is 4. The first-order valence-electron chi connectivity index (χ1n) is 7.27. The van der Waals surface area contributed by atoms with E-state index in [0.717, 1.165) is 11.3 Å². The van der Waals surface area contributed by atoms with Gasteiger partial charge in [0.2, 0.25) is 0 Å². The highest BCUT2D eigenvalue weighted by Gasteiger charge is 2.36. The lowest BCUT2D eigenvalue weighted by molar-refractivity contribution is -0.385. The van der Waals surface area contributed by atoms with E-state index in [1.54, 1.807) is 13.0 Å². The van der Waals surface area contributed by atoms with E-state index < -0.39 is 16.6 Å². The fourth-order valence-electron chi connectivity index (χ4n) is 3.13. The number of carbonyl (C=O) groups is 1. The minimum atomic E-state index is -0.962. The molecule has 0 spiro atoms. The van der Waals surface area contributed by atoms with Gasteiger partial charge in [0.05, 0.1) is 4.92 Å². The second-order valence-corrected chi connectivity index (χ2v) is 6.68. The van der Waals surface area contributed by atoms with Crippen molar-refractivity contribution in [3.8, 4) is 0 Å². The van der Waals surface area contributed by atoms with Gasteiger partial charge in [-0.25, -0.2) is 4.79 Å². The first kappa shape index (κ1) is 16.2. The molecule has 0 aliphatic heterocycles. The van der Waals surface area contributed by atoms with Gasteiger partial charge in [0.25, 0.3) is 5.69 Å². The molecule has 1 amide bonds. The minimum Gasteiger partial charge on any atom is -0.465 e. The van der Waals surface area contributed by atoms with Crippen LogP contribution in [0.15, 0.2) is 6.07 Å². The second kappa shape index (κ2) is 5.55. The van der Waals surface area contributed by atoms with Crippen LogP contribution in [-0.2, 0) is 12.8 Å². The number of nitro groups is 1. The SMILES string of the molecule is Cc1nc2c(cc1[N+](=O)[O-])CC(N(C(=O)O)C(C)(C)C)CC2. The fraction of sp³-hybridized carbons (Fsp3) is 0.600. The Morgan fingerprint density at radius 2 is 2.14 bits per heavy atom. The van der Waals surface area contributed by atoms with E-state index in [1.165, 1.54) is 4.90 Å². The lowest BCUT2D eigenvalue weighted by Gasteiger charge is -2.41. The zero-order valence-electron chi connectivity index (χ0n) is 13.3. The third-order valence-corrected chi connectivity index (χ3v) is 4.02. The van der Waals surface area contributed by atoms with Crippen molar-refractivity contribution < 1.29 is 14.8 Å². The molecule has 0 aromatic carbocycles. The van der Waals surface area contributed by atoms with Crippen LogP contribution in [-0.4, -0.2) is 37.6 Å². The first-order chi connectivity index (χ1) is 10.1. The highest BCUT2D eigenvalue weighted by Crippen LogP contribution is 2.31. The molecule has 1 heterocycles. The maximum absolute atomic E-state index is 11.6. The molecule has 2 rings (SSSR count). The summed E-state index contributed by atoms with van der Waals surface area (Å²) in [6.07, 6.45) is 0.822. The van der Waals surface area contributed by atoms with Crippen molar-refractivity contribution in [3.63, 3.8) is 0 Å². The Bertz CT molecular complexity index is 622. The average Bonchev–Trinajstić information content (AvgIpc) is 2.35. The predicted molar refractivity (Wildman–Crippen MR) is 81.1 cm³/mol. The molecule has 0 radical (unpaired) electrons. The van der Waals surface area contributed by atoms with Crippen LogP contribution in [0, 0.1) is 17.0 Å². The van der Waals surface area contributed by atoms with Crippen LogP contribution in [0.3, 0.4) is 0 Å². The summed E-state index contributed by atoms with van der Waals surface area (Å²) in [5.41, 5.74) is 1.52. The molecule has 22 heavy (non-hydrogen) atoms. The number of carboxylic acid groups (broad SMARTS) is 1. The van der Waals surface area contributed by atoms with Crippen LogP contribution >= 0.6 is 0 Å². The second-order valence-electron chi connectivity index (χ2n) is 6.68. The lowest BCUT2D eigenvalue weighted by atomic mass is 9.88. The molecule has 0 saturated carbocycles. The summed E-state index contributed by atoms with van der Waals surface area (Å²) >= 11 is 0. The molecule has 1 aromatic rings. The smallest absolute Gasteiger partial charge is 0.407 e. The van der Waals surface area contributed by atoms with E-state index in [9.17, 15) is 20.0 Å². The van der Waals surface area contributed by atoms with Crippen LogP contribution in [0.1, 0.15) is 44.1 Å². The van der Waals surface area contributed by atoms with E-state index in [2.05, 4.69) is 4.98 Å². The molecular formula is C15H21N3O4. The van der Waals surface area contributed by atoms with Crippen LogP contribution in [0.4, 0.5) is 10.5 Å². The number of aromatic nitrogens is 1. The van der Waals surface area contributed by atoms with Gasteiger partial charge in [0.15, 0.2) is 0 Å². The summed E-state index contributed by atoms with van der Waals surface area (Å²) in [6.45, 7) is 7.19. The van der Waals surface area contributed by atoms with Gasteiger partial charge in [-0.1, -0.05) is 0 Å². The number of pyridine rings is 1. The number of fused-ring (bicyclic) bond motifs is 1. The Labute approximate surface area is 129 Å². The molecule has 0 bridgehead atoms. The van der Waals surface area contributed by atoms with Gasteiger partial charge in [-0.15, -0.1) is 0 Å². The Balaban J connectivity index is 2.36. The Hall–Kier alpha value is -2.18. The number of amides is 1. The fourth-order valence-corrected chi connectivity index (χ4v) is 3.13. The number of nitrogens with zero attached hydrogens (tertiary/aromatic N) is 3. The lowest BCUT2D eigenvalue weighted by Crippen LogP contribution is -2.53. The van der Waals surface area contributed by atoms with Gasteiger partial charge in [-0.3, -0.25) is 15.1 Å². The first-order valence-corrected chi connectivity index (χ1v) is 7.27. The molecular weight excluding hydrogens is 286 g/mol. The average molecular weight is 307 g/mol. The van der Waals surface area contributed by atoms with Crippen LogP contribution in [0.5, 0.6) is 0 Å². The van der Waals surface area contributed by atoms with Crippen molar-refractivity contribution in [2.75, 3.05) is 0 Å². The molecule has 120 valence electrons. The Kier molecular flexibility index (Phi) is 4.08. The largest absolute Gasteiger partial charge is 0.465 e. The molecule has 1 unspecified atom stereocenters. The monoisotopic (exact) mass is 307 g/mol. The number of rotatable bonds is 2. The summed E-state index contributed by atoms with van der Waals surface area (Å²) in [7, 11) is 0. The minimum absolute atomic E-state index is 0.00275. The van der Waals surface area contributed by atoms with Crippen LogP contribution in [0.2, 0.25) is 0 Å². The van der Waals surface area contributed by atoms with E-state index in [4.69, 9.17) is 0 Å². The third kappa shape index (κ3) is 3.03. The number of hydrogen-bond donors (Lipinski definition) is 1. The predicted octanol–water partition coefficient (Wildman–Crippen LogP) is 2.93.